The zero-order valence-corrected chi connectivity index (χ0v) is 16.7. The molecule has 5 nitrogen and oxygen atoms in total. The normalized spacial score (nSPS) is 15.8. The molecule has 0 bridgehead atoms. The van der Waals surface area contributed by atoms with Crippen LogP contribution in [0, 0.1) is 0 Å². The molecule has 2 aromatic carbocycles. The van der Waals surface area contributed by atoms with E-state index in [4.69, 9.17) is 9.47 Å². The number of carbonyl (C=O) groups is 1. The Labute approximate surface area is 161 Å². The molecule has 0 saturated heterocycles. The van der Waals surface area contributed by atoms with Crippen LogP contribution in [0.1, 0.15) is 43.5 Å². The lowest BCUT2D eigenvalue weighted by Gasteiger charge is -2.19. The molecule has 1 heterocycles. The van der Waals surface area contributed by atoms with Gasteiger partial charge in [0.2, 0.25) is 5.91 Å². The van der Waals surface area contributed by atoms with Gasteiger partial charge >= 0.3 is 0 Å². The van der Waals surface area contributed by atoms with Crippen molar-refractivity contribution in [2.75, 3.05) is 26.1 Å². The first-order valence-electron chi connectivity index (χ1n) is 9.27. The number of ether oxygens (including phenoxy) is 2. The number of rotatable bonds is 7. The van der Waals surface area contributed by atoms with Crippen molar-refractivity contribution in [1.29, 1.82) is 0 Å². The summed E-state index contributed by atoms with van der Waals surface area (Å²) in [5, 5.41) is 6.52. The molecule has 0 aliphatic carbocycles. The molecular weight excluding hydrogens is 340 g/mol. The van der Waals surface area contributed by atoms with Crippen LogP contribution in [0.25, 0.3) is 0 Å². The molecule has 0 saturated carbocycles. The second kappa shape index (κ2) is 7.61. The number of nitrogens with one attached hydrogen (secondary N) is 2. The van der Waals surface area contributed by atoms with E-state index in [0.717, 1.165) is 35.7 Å². The molecule has 0 aromatic heterocycles. The van der Waals surface area contributed by atoms with E-state index in [1.165, 1.54) is 11.1 Å². The molecule has 2 aromatic rings. The molecule has 0 unspecified atom stereocenters. The number of amides is 1. The molecule has 0 radical (unpaired) electrons. The zero-order chi connectivity index (χ0) is 19.6. The Hall–Kier alpha value is -2.53. The standard InChI is InChI=1S/C22H28N2O3/c1-14(16-7-8-18-17(13-16)22(2,3)21(25)24-18)23-11-10-15-6-9-19(26-4)20(12-15)27-5/h6-9,12-14,23H,10-11H2,1-5H3,(H,24,25)/t14-/m1/s1. The van der Waals surface area contributed by atoms with Crippen LogP contribution in [0.15, 0.2) is 36.4 Å². The molecule has 27 heavy (non-hydrogen) atoms. The third-order valence-electron chi connectivity index (χ3n) is 5.34. The maximum Gasteiger partial charge on any atom is 0.234 e. The molecule has 1 aliphatic heterocycles. The van der Waals surface area contributed by atoms with Crippen molar-refractivity contribution in [1.82, 2.24) is 5.32 Å². The van der Waals surface area contributed by atoms with Gasteiger partial charge in [-0.05, 0) is 68.6 Å². The van der Waals surface area contributed by atoms with Gasteiger partial charge in [0.05, 0.1) is 19.6 Å². The van der Waals surface area contributed by atoms with Crippen LogP contribution in [0.3, 0.4) is 0 Å². The average molecular weight is 368 g/mol. The number of fused-ring (bicyclic) bond motifs is 1. The number of methoxy groups -OCH3 is 2. The summed E-state index contributed by atoms with van der Waals surface area (Å²) in [7, 11) is 3.29. The predicted octanol–water partition coefficient (Wildman–Crippen LogP) is 3.83. The van der Waals surface area contributed by atoms with Crippen LogP contribution in [0.5, 0.6) is 11.5 Å². The van der Waals surface area contributed by atoms with E-state index in [2.05, 4.69) is 35.8 Å². The molecule has 144 valence electrons. The van der Waals surface area contributed by atoms with Gasteiger partial charge in [-0.2, -0.15) is 0 Å². The van der Waals surface area contributed by atoms with Gasteiger partial charge in [0, 0.05) is 11.7 Å². The van der Waals surface area contributed by atoms with Crippen LogP contribution in [-0.4, -0.2) is 26.7 Å². The van der Waals surface area contributed by atoms with E-state index in [1.54, 1.807) is 14.2 Å². The Morgan fingerprint density at radius 3 is 2.52 bits per heavy atom. The molecular formula is C22H28N2O3. The highest BCUT2D eigenvalue weighted by atomic mass is 16.5. The minimum absolute atomic E-state index is 0.0590. The first-order valence-corrected chi connectivity index (χ1v) is 9.27. The molecule has 2 N–H and O–H groups in total. The summed E-state index contributed by atoms with van der Waals surface area (Å²) < 4.78 is 10.6. The van der Waals surface area contributed by atoms with Crippen molar-refractivity contribution in [2.45, 2.75) is 38.6 Å². The van der Waals surface area contributed by atoms with E-state index in [-0.39, 0.29) is 11.9 Å². The number of hydrogen-bond acceptors (Lipinski definition) is 4. The van der Waals surface area contributed by atoms with E-state index >= 15 is 0 Å². The smallest absolute Gasteiger partial charge is 0.234 e. The van der Waals surface area contributed by atoms with Crippen molar-refractivity contribution >= 4 is 11.6 Å². The van der Waals surface area contributed by atoms with E-state index in [0.29, 0.717) is 0 Å². The third-order valence-corrected chi connectivity index (χ3v) is 5.34. The summed E-state index contributed by atoms with van der Waals surface area (Å²) in [5.74, 6) is 1.55. The van der Waals surface area contributed by atoms with Crippen LogP contribution in [0.2, 0.25) is 0 Å². The number of carbonyl (C=O) groups excluding carboxylic acids is 1. The summed E-state index contributed by atoms with van der Waals surface area (Å²) in [6.45, 7) is 6.92. The summed E-state index contributed by atoms with van der Waals surface area (Å²) in [6, 6.07) is 12.4. The Kier molecular flexibility index (Phi) is 5.42. The van der Waals surface area contributed by atoms with Crippen molar-refractivity contribution in [3.8, 4) is 11.5 Å². The molecule has 1 aliphatic rings. The molecule has 0 fully saturated rings. The summed E-state index contributed by atoms with van der Waals surface area (Å²) in [5.41, 5.74) is 3.89. The Morgan fingerprint density at radius 1 is 1.07 bits per heavy atom. The first kappa shape index (κ1) is 19.2. The summed E-state index contributed by atoms with van der Waals surface area (Å²) in [6.07, 6.45) is 0.890. The predicted molar refractivity (Wildman–Crippen MR) is 108 cm³/mol. The maximum atomic E-state index is 12.1. The number of anilines is 1. The van der Waals surface area contributed by atoms with E-state index in [9.17, 15) is 4.79 Å². The number of hydrogen-bond donors (Lipinski definition) is 2. The lowest BCUT2D eigenvalue weighted by molar-refractivity contribution is -0.119. The van der Waals surface area contributed by atoms with Gasteiger partial charge in [0.1, 0.15) is 0 Å². The SMILES string of the molecule is COc1ccc(CCN[C@H](C)c2ccc3c(c2)C(C)(C)C(=O)N3)cc1OC. The zero-order valence-electron chi connectivity index (χ0n) is 16.7. The van der Waals surface area contributed by atoms with Crippen molar-refractivity contribution < 1.29 is 14.3 Å². The van der Waals surface area contributed by atoms with Gasteiger partial charge in [0.25, 0.3) is 0 Å². The lowest BCUT2D eigenvalue weighted by atomic mass is 9.85. The van der Waals surface area contributed by atoms with Crippen LogP contribution in [0.4, 0.5) is 5.69 Å². The molecule has 5 heteroatoms. The molecule has 0 spiro atoms. The molecule has 1 atom stereocenters. The lowest BCUT2D eigenvalue weighted by Crippen LogP contribution is -2.27. The van der Waals surface area contributed by atoms with Crippen LogP contribution < -0.4 is 20.1 Å². The van der Waals surface area contributed by atoms with Gasteiger partial charge in [0.15, 0.2) is 11.5 Å². The van der Waals surface area contributed by atoms with Gasteiger partial charge in [-0.3, -0.25) is 4.79 Å². The summed E-state index contributed by atoms with van der Waals surface area (Å²) in [4.78, 5) is 12.1. The van der Waals surface area contributed by atoms with Gasteiger partial charge < -0.3 is 20.1 Å². The van der Waals surface area contributed by atoms with Crippen LogP contribution >= 0.6 is 0 Å². The fraction of sp³-hybridized carbons (Fsp3) is 0.409. The second-order valence-electron chi connectivity index (χ2n) is 7.50. The fourth-order valence-electron chi connectivity index (χ4n) is 3.45. The third kappa shape index (κ3) is 3.78. The van der Waals surface area contributed by atoms with Crippen LogP contribution in [-0.2, 0) is 16.6 Å². The minimum Gasteiger partial charge on any atom is -0.493 e. The number of benzene rings is 2. The summed E-state index contributed by atoms with van der Waals surface area (Å²) >= 11 is 0. The fourth-order valence-corrected chi connectivity index (χ4v) is 3.45. The van der Waals surface area contributed by atoms with Gasteiger partial charge in [-0.1, -0.05) is 18.2 Å². The highest BCUT2D eigenvalue weighted by Gasteiger charge is 2.38. The van der Waals surface area contributed by atoms with Gasteiger partial charge in [-0.25, -0.2) is 0 Å². The van der Waals surface area contributed by atoms with E-state index in [1.807, 2.05) is 32.0 Å². The minimum atomic E-state index is -0.481. The monoisotopic (exact) mass is 368 g/mol. The molecule has 1 amide bonds. The van der Waals surface area contributed by atoms with Crippen molar-refractivity contribution in [2.24, 2.45) is 0 Å². The topological polar surface area (TPSA) is 59.6 Å². The highest BCUT2D eigenvalue weighted by Crippen LogP contribution is 2.38. The maximum absolute atomic E-state index is 12.1. The second-order valence-corrected chi connectivity index (χ2v) is 7.50. The quantitative estimate of drug-likeness (QED) is 0.780. The van der Waals surface area contributed by atoms with Gasteiger partial charge in [-0.15, -0.1) is 0 Å². The van der Waals surface area contributed by atoms with E-state index < -0.39 is 5.41 Å². The largest absolute Gasteiger partial charge is 0.493 e. The Balaban J connectivity index is 1.63. The Bertz CT molecular complexity index is 845. The highest BCUT2D eigenvalue weighted by molar-refractivity contribution is 6.05. The Morgan fingerprint density at radius 2 is 1.81 bits per heavy atom. The van der Waals surface area contributed by atoms with Crippen molar-refractivity contribution in [3.63, 3.8) is 0 Å². The van der Waals surface area contributed by atoms with Crippen molar-refractivity contribution in [3.05, 3.63) is 53.1 Å². The molecule has 3 rings (SSSR count). The first-order chi connectivity index (χ1) is 12.9. The average Bonchev–Trinajstić information content (AvgIpc) is 2.90.